The number of nitrogens with one attached hydrogen (secondary N) is 2. The van der Waals surface area contributed by atoms with E-state index in [1.54, 1.807) is 24.3 Å². The summed E-state index contributed by atoms with van der Waals surface area (Å²) in [6.07, 6.45) is 0.766. The SMILES string of the molecule is CCCOC(=O)c1ccc(NC(=O)CNc2ccccc2OCCOc2ccccc2)cc1. The lowest BCUT2D eigenvalue weighted by Crippen LogP contribution is -2.22. The van der Waals surface area contributed by atoms with Gasteiger partial charge in [0.05, 0.1) is 24.4 Å². The molecule has 3 aromatic carbocycles. The van der Waals surface area contributed by atoms with Gasteiger partial charge in [-0.2, -0.15) is 0 Å². The van der Waals surface area contributed by atoms with Gasteiger partial charge >= 0.3 is 5.97 Å². The molecule has 0 spiro atoms. The number of ether oxygens (including phenoxy) is 3. The van der Waals surface area contributed by atoms with E-state index in [0.717, 1.165) is 12.2 Å². The van der Waals surface area contributed by atoms with Gasteiger partial charge in [-0.15, -0.1) is 0 Å². The van der Waals surface area contributed by atoms with Crippen LogP contribution in [0.2, 0.25) is 0 Å². The molecule has 33 heavy (non-hydrogen) atoms. The Kier molecular flexibility index (Phi) is 9.15. The minimum absolute atomic E-state index is 0.0567. The first-order chi connectivity index (χ1) is 16.2. The van der Waals surface area contributed by atoms with Crippen LogP contribution in [-0.4, -0.2) is 38.2 Å². The zero-order valence-corrected chi connectivity index (χ0v) is 18.6. The number of anilines is 2. The second kappa shape index (κ2) is 12.8. The second-order valence-electron chi connectivity index (χ2n) is 7.12. The van der Waals surface area contributed by atoms with E-state index in [2.05, 4.69) is 10.6 Å². The molecule has 0 bridgehead atoms. The first-order valence-corrected chi connectivity index (χ1v) is 10.9. The topological polar surface area (TPSA) is 85.9 Å². The average Bonchev–Trinajstić information content (AvgIpc) is 2.85. The van der Waals surface area contributed by atoms with E-state index in [0.29, 0.717) is 42.5 Å². The van der Waals surface area contributed by atoms with Crippen LogP contribution in [0.5, 0.6) is 11.5 Å². The Hall–Kier alpha value is -4.00. The van der Waals surface area contributed by atoms with Gasteiger partial charge in [-0.25, -0.2) is 4.79 Å². The van der Waals surface area contributed by atoms with E-state index in [4.69, 9.17) is 14.2 Å². The second-order valence-corrected chi connectivity index (χ2v) is 7.12. The smallest absolute Gasteiger partial charge is 0.338 e. The fourth-order valence-electron chi connectivity index (χ4n) is 2.91. The predicted molar refractivity (Wildman–Crippen MR) is 128 cm³/mol. The van der Waals surface area contributed by atoms with Crippen LogP contribution in [0, 0.1) is 0 Å². The van der Waals surface area contributed by atoms with Crippen molar-refractivity contribution in [1.82, 2.24) is 0 Å². The third kappa shape index (κ3) is 7.88. The quantitative estimate of drug-likeness (QED) is 0.307. The molecule has 0 aliphatic carbocycles. The highest BCUT2D eigenvalue weighted by atomic mass is 16.5. The van der Waals surface area contributed by atoms with Gasteiger partial charge in [-0.1, -0.05) is 37.3 Å². The van der Waals surface area contributed by atoms with Crippen LogP contribution in [0.3, 0.4) is 0 Å². The molecule has 0 heterocycles. The standard InChI is InChI=1S/C26H28N2O5/c1-2-16-33-26(30)20-12-14-21(15-13-20)28-25(29)19-27-23-10-6-7-11-24(23)32-18-17-31-22-8-4-3-5-9-22/h3-15,27H,2,16-19H2,1H3,(H,28,29). The van der Waals surface area contributed by atoms with Crippen molar-refractivity contribution in [1.29, 1.82) is 0 Å². The van der Waals surface area contributed by atoms with Crippen molar-refractivity contribution in [2.75, 3.05) is 37.0 Å². The summed E-state index contributed by atoms with van der Waals surface area (Å²) in [6, 6.07) is 23.5. The molecule has 7 heteroatoms. The molecular formula is C26H28N2O5. The largest absolute Gasteiger partial charge is 0.490 e. The molecule has 0 saturated carbocycles. The summed E-state index contributed by atoms with van der Waals surface area (Å²) in [4.78, 5) is 24.2. The van der Waals surface area contributed by atoms with E-state index in [1.807, 2.05) is 61.5 Å². The van der Waals surface area contributed by atoms with Crippen molar-refractivity contribution >= 4 is 23.3 Å². The van der Waals surface area contributed by atoms with Gasteiger partial charge in [-0.05, 0) is 55.0 Å². The van der Waals surface area contributed by atoms with Gasteiger partial charge in [0.1, 0.15) is 24.7 Å². The summed E-state index contributed by atoms with van der Waals surface area (Å²) >= 11 is 0. The molecule has 2 N–H and O–H groups in total. The summed E-state index contributed by atoms with van der Waals surface area (Å²) in [5.74, 6) is 0.827. The number of carbonyl (C=O) groups is 2. The highest BCUT2D eigenvalue weighted by Crippen LogP contribution is 2.23. The fourth-order valence-corrected chi connectivity index (χ4v) is 2.91. The zero-order valence-electron chi connectivity index (χ0n) is 18.6. The van der Waals surface area contributed by atoms with Crippen LogP contribution in [0.25, 0.3) is 0 Å². The zero-order chi connectivity index (χ0) is 23.3. The van der Waals surface area contributed by atoms with Gasteiger partial charge in [0.2, 0.25) is 5.91 Å². The van der Waals surface area contributed by atoms with Gasteiger partial charge in [0.15, 0.2) is 0 Å². The number of para-hydroxylation sites is 3. The van der Waals surface area contributed by atoms with Gasteiger partial charge in [0, 0.05) is 5.69 Å². The maximum absolute atomic E-state index is 12.3. The molecular weight excluding hydrogens is 420 g/mol. The molecule has 3 aromatic rings. The number of rotatable bonds is 12. The molecule has 0 atom stereocenters. The minimum atomic E-state index is -0.373. The van der Waals surface area contributed by atoms with E-state index < -0.39 is 0 Å². The first-order valence-electron chi connectivity index (χ1n) is 10.9. The van der Waals surface area contributed by atoms with Crippen molar-refractivity contribution in [3.05, 3.63) is 84.4 Å². The van der Waals surface area contributed by atoms with Crippen molar-refractivity contribution in [2.45, 2.75) is 13.3 Å². The Bertz CT molecular complexity index is 1020. The summed E-state index contributed by atoms with van der Waals surface area (Å²) in [5, 5.41) is 5.89. The Labute approximate surface area is 193 Å². The molecule has 0 saturated heterocycles. The fraction of sp³-hybridized carbons (Fsp3) is 0.231. The van der Waals surface area contributed by atoms with Crippen LogP contribution in [0.4, 0.5) is 11.4 Å². The summed E-state index contributed by atoms with van der Waals surface area (Å²) < 4.78 is 16.5. The van der Waals surface area contributed by atoms with E-state index >= 15 is 0 Å². The minimum Gasteiger partial charge on any atom is -0.490 e. The van der Waals surface area contributed by atoms with Crippen LogP contribution in [0.1, 0.15) is 23.7 Å². The van der Waals surface area contributed by atoms with Gasteiger partial charge in [-0.3, -0.25) is 4.79 Å². The van der Waals surface area contributed by atoms with Crippen molar-refractivity contribution in [3.8, 4) is 11.5 Å². The Morgan fingerprint density at radius 3 is 2.24 bits per heavy atom. The highest BCUT2D eigenvalue weighted by Gasteiger charge is 2.09. The summed E-state index contributed by atoms with van der Waals surface area (Å²) in [6.45, 7) is 3.15. The van der Waals surface area contributed by atoms with Crippen molar-refractivity contribution in [2.24, 2.45) is 0 Å². The third-order valence-corrected chi connectivity index (χ3v) is 4.52. The highest BCUT2D eigenvalue weighted by molar-refractivity contribution is 5.95. The predicted octanol–water partition coefficient (Wildman–Crippen LogP) is 4.76. The Morgan fingerprint density at radius 1 is 0.788 bits per heavy atom. The lowest BCUT2D eigenvalue weighted by atomic mass is 10.2. The van der Waals surface area contributed by atoms with Gasteiger partial charge in [0.25, 0.3) is 0 Å². The van der Waals surface area contributed by atoms with Crippen molar-refractivity contribution in [3.63, 3.8) is 0 Å². The number of amides is 1. The maximum atomic E-state index is 12.3. The number of benzene rings is 3. The molecule has 0 fully saturated rings. The Morgan fingerprint density at radius 2 is 1.48 bits per heavy atom. The normalized spacial score (nSPS) is 10.2. The molecule has 0 aliphatic heterocycles. The molecule has 0 aliphatic rings. The Balaban J connectivity index is 1.44. The molecule has 0 radical (unpaired) electrons. The number of hydrogen-bond donors (Lipinski definition) is 2. The number of hydrogen-bond acceptors (Lipinski definition) is 6. The lowest BCUT2D eigenvalue weighted by Gasteiger charge is -2.14. The van der Waals surface area contributed by atoms with Crippen molar-refractivity contribution < 1.29 is 23.8 Å². The molecule has 172 valence electrons. The van der Waals surface area contributed by atoms with Crippen LogP contribution in [-0.2, 0) is 9.53 Å². The molecule has 0 aromatic heterocycles. The first kappa shape index (κ1) is 23.7. The monoisotopic (exact) mass is 448 g/mol. The average molecular weight is 449 g/mol. The number of esters is 1. The van der Waals surface area contributed by atoms with E-state index in [9.17, 15) is 9.59 Å². The maximum Gasteiger partial charge on any atom is 0.338 e. The summed E-state index contributed by atoms with van der Waals surface area (Å²) in [5.41, 5.74) is 1.75. The van der Waals surface area contributed by atoms with Crippen LogP contribution in [0.15, 0.2) is 78.9 Å². The molecule has 7 nitrogen and oxygen atoms in total. The van der Waals surface area contributed by atoms with Gasteiger partial charge < -0.3 is 24.8 Å². The van der Waals surface area contributed by atoms with E-state index in [-0.39, 0.29) is 18.4 Å². The van der Waals surface area contributed by atoms with Crippen LogP contribution >= 0.6 is 0 Å². The van der Waals surface area contributed by atoms with E-state index in [1.165, 1.54) is 0 Å². The molecule has 1 amide bonds. The summed E-state index contributed by atoms with van der Waals surface area (Å²) in [7, 11) is 0. The molecule has 0 unspecified atom stereocenters. The third-order valence-electron chi connectivity index (χ3n) is 4.52. The molecule has 3 rings (SSSR count). The van der Waals surface area contributed by atoms with Crippen LogP contribution < -0.4 is 20.1 Å². The number of carbonyl (C=O) groups excluding carboxylic acids is 2. The lowest BCUT2D eigenvalue weighted by molar-refractivity contribution is -0.114.